The Labute approximate surface area is 237 Å². The number of aryl methyl sites for hydroxylation is 1. The molecule has 0 radical (unpaired) electrons. The van der Waals surface area contributed by atoms with Crippen molar-refractivity contribution in [1.29, 1.82) is 0 Å². The summed E-state index contributed by atoms with van der Waals surface area (Å²) in [4.78, 5) is 32.7. The molecule has 41 heavy (non-hydrogen) atoms. The van der Waals surface area contributed by atoms with Gasteiger partial charge in [0.1, 0.15) is 29.2 Å². The van der Waals surface area contributed by atoms with E-state index in [1.165, 1.54) is 12.4 Å². The Kier molecular flexibility index (Phi) is 7.09. The van der Waals surface area contributed by atoms with Crippen LogP contribution < -0.4 is 10.5 Å². The lowest BCUT2D eigenvalue weighted by Gasteiger charge is -2.47. The SMILES string of the molecule is C=CC(=O)N1CC[C@@H](N2CC(C#Cc3c(-c4ccc(Oc5cnccn5)cc4)c4c(N)ncnc4n3C)C2)[C@@H](O)C1. The van der Waals surface area contributed by atoms with Crippen molar-refractivity contribution in [2.45, 2.75) is 18.6 Å². The van der Waals surface area contributed by atoms with E-state index >= 15 is 0 Å². The number of ether oxygens (including phenoxy) is 1. The Balaban J connectivity index is 1.23. The zero-order chi connectivity index (χ0) is 28.5. The highest BCUT2D eigenvalue weighted by molar-refractivity contribution is 6.03. The highest BCUT2D eigenvalue weighted by atomic mass is 16.5. The monoisotopic (exact) mass is 550 g/mol. The van der Waals surface area contributed by atoms with E-state index in [4.69, 9.17) is 10.5 Å². The highest BCUT2D eigenvalue weighted by Gasteiger charge is 2.38. The van der Waals surface area contributed by atoms with E-state index in [-0.39, 0.29) is 17.9 Å². The van der Waals surface area contributed by atoms with E-state index < -0.39 is 6.10 Å². The normalized spacial score (nSPS) is 19.3. The van der Waals surface area contributed by atoms with Gasteiger partial charge in [-0.3, -0.25) is 14.7 Å². The maximum atomic E-state index is 11.9. The van der Waals surface area contributed by atoms with Gasteiger partial charge >= 0.3 is 0 Å². The fourth-order valence-corrected chi connectivity index (χ4v) is 5.57. The standard InChI is InChI=1S/C30H30N8O3/c1-3-26(40)37-13-10-22(24(39)17-37)38-15-19(16-38)4-9-23-27(28-29(31)34-18-35-30(28)36(23)2)20-5-7-21(8-6-20)41-25-14-32-11-12-33-25/h3,5-8,11-12,14,18-19,22,24,39H,1,10,13,15-17H2,2H3,(H2,31,34,35)/t22-,24+/m1/s1. The van der Waals surface area contributed by atoms with Crippen molar-refractivity contribution in [2.24, 2.45) is 13.0 Å². The predicted octanol–water partition coefficient (Wildman–Crippen LogP) is 2.23. The molecule has 2 fully saturated rings. The van der Waals surface area contributed by atoms with Crippen molar-refractivity contribution >= 4 is 22.8 Å². The summed E-state index contributed by atoms with van der Waals surface area (Å²) in [5.41, 5.74) is 9.62. The van der Waals surface area contributed by atoms with Gasteiger partial charge in [0.15, 0.2) is 0 Å². The van der Waals surface area contributed by atoms with Crippen molar-refractivity contribution in [3.63, 3.8) is 0 Å². The molecule has 11 heteroatoms. The number of carbonyl (C=O) groups excluding carboxylic acids is 1. The van der Waals surface area contributed by atoms with E-state index in [1.807, 2.05) is 35.9 Å². The number of likely N-dealkylation sites (tertiary alicyclic amines) is 2. The minimum atomic E-state index is -0.589. The Hall–Kier alpha value is -4.79. The lowest BCUT2D eigenvalue weighted by molar-refractivity contribution is -0.132. The molecule has 0 saturated carbocycles. The second-order valence-electron chi connectivity index (χ2n) is 10.2. The average Bonchev–Trinajstić information content (AvgIpc) is 3.25. The third-order valence-electron chi connectivity index (χ3n) is 7.71. The number of nitrogens with two attached hydrogens (primary N) is 1. The molecular weight excluding hydrogens is 520 g/mol. The van der Waals surface area contributed by atoms with Gasteiger partial charge < -0.3 is 25.0 Å². The molecule has 2 atom stereocenters. The molecule has 6 rings (SSSR count). The molecule has 3 aromatic heterocycles. The first-order chi connectivity index (χ1) is 19.9. The summed E-state index contributed by atoms with van der Waals surface area (Å²) in [7, 11) is 1.93. The van der Waals surface area contributed by atoms with Crippen LogP contribution in [-0.4, -0.2) is 83.6 Å². The number of benzene rings is 1. The number of fused-ring (bicyclic) bond motifs is 1. The number of aromatic nitrogens is 5. The van der Waals surface area contributed by atoms with E-state index in [0.717, 1.165) is 41.7 Å². The lowest BCUT2D eigenvalue weighted by Crippen LogP contribution is -2.61. The zero-order valence-electron chi connectivity index (χ0n) is 22.6. The van der Waals surface area contributed by atoms with Gasteiger partial charge in [-0.25, -0.2) is 15.0 Å². The number of hydrogen-bond donors (Lipinski definition) is 2. The maximum Gasteiger partial charge on any atom is 0.246 e. The first kappa shape index (κ1) is 26.4. The fraction of sp³-hybridized carbons (Fsp3) is 0.300. The number of anilines is 1. The largest absolute Gasteiger partial charge is 0.438 e. The molecular formula is C30H30N8O3. The van der Waals surface area contributed by atoms with Gasteiger partial charge in [0.2, 0.25) is 11.8 Å². The van der Waals surface area contributed by atoms with E-state index in [1.54, 1.807) is 23.5 Å². The molecule has 4 aromatic rings. The van der Waals surface area contributed by atoms with Crippen LogP contribution in [0.2, 0.25) is 0 Å². The van der Waals surface area contributed by atoms with Crippen LogP contribution in [0.15, 0.2) is 61.8 Å². The Morgan fingerprint density at radius 3 is 2.68 bits per heavy atom. The van der Waals surface area contributed by atoms with Crippen molar-refractivity contribution in [1.82, 2.24) is 34.3 Å². The number of aliphatic hydroxyl groups is 1. The number of piperidine rings is 1. The van der Waals surface area contributed by atoms with Crippen LogP contribution in [0.3, 0.4) is 0 Å². The van der Waals surface area contributed by atoms with Crippen LogP contribution in [0.25, 0.3) is 22.2 Å². The Morgan fingerprint density at radius 1 is 1.17 bits per heavy atom. The molecule has 1 aromatic carbocycles. The van der Waals surface area contributed by atoms with Crippen LogP contribution >= 0.6 is 0 Å². The van der Waals surface area contributed by atoms with E-state index in [9.17, 15) is 9.90 Å². The van der Waals surface area contributed by atoms with Gasteiger partial charge in [0.25, 0.3) is 0 Å². The van der Waals surface area contributed by atoms with Crippen LogP contribution in [0.1, 0.15) is 12.1 Å². The van der Waals surface area contributed by atoms with Gasteiger partial charge in [-0.1, -0.05) is 24.6 Å². The smallest absolute Gasteiger partial charge is 0.246 e. The van der Waals surface area contributed by atoms with Crippen LogP contribution in [-0.2, 0) is 11.8 Å². The minimum Gasteiger partial charge on any atom is -0.438 e. The number of hydrogen-bond acceptors (Lipinski definition) is 9. The number of aliphatic hydroxyl groups excluding tert-OH is 1. The minimum absolute atomic E-state index is 0.0211. The van der Waals surface area contributed by atoms with Crippen LogP contribution in [0.4, 0.5) is 5.82 Å². The summed E-state index contributed by atoms with van der Waals surface area (Å²) < 4.78 is 7.76. The molecule has 3 N–H and O–H groups in total. The van der Waals surface area contributed by atoms with Gasteiger partial charge in [0, 0.05) is 63.1 Å². The molecule has 2 saturated heterocycles. The molecule has 11 nitrogen and oxygen atoms in total. The van der Waals surface area contributed by atoms with Crippen molar-refractivity contribution in [3.8, 4) is 34.6 Å². The van der Waals surface area contributed by atoms with Crippen molar-refractivity contribution in [2.75, 3.05) is 31.9 Å². The van der Waals surface area contributed by atoms with Crippen molar-refractivity contribution < 1.29 is 14.6 Å². The second kappa shape index (κ2) is 11.0. The number of carbonyl (C=O) groups is 1. The average molecular weight is 551 g/mol. The fourth-order valence-electron chi connectivity index (χ4n) is 5.57. The summed E-state index contributed by atoms with van der Waals surface area (Å²) in [6.07, 6.45) is 7.61. The number of β-amino-alcohol motifs (C(OH)–C–C–N with tert-alkyl or cyclic N) is 1. The lowest BCUT2D eigenvalue weighted by atomic mass is 9.91. The summed E-state index contributed by atoms with van der Waals surface area (Å²) in [5, 5.41) is 11.4. The number of rotatable bonds is 5. The first-order valence-electron chi connectivity index (χ1n) is 13.4. The quantitative estimate of drug-likeness (QED) is 0.283. The molecule has 1 amide bonds. The third kappa shape index (κ3) is 5.11. The number of nitrogens with zero attached hydrogens (tertiary/aromatic N) is 7. The molecule has 2 aliphatic heterocycles. The number of nitrogen functional groups attached to an aromatic ring is 1. The zero-order valence-corrected chi connectivity index (χ0v) is 22.6. The molecule has 0 spiro atoms. The molecule has 0 bridgehead atoms. The van der Waals surface area contributed by atoms with E-state index in [0.29, 0.717) is 36.2 Å². The van der Waals surface area contributed by atoms with Gasteiger partial charge in [-0.15, -0.1) is 0 Å². The van der Waals surface area contributed by atoms with Crippen LogP contribution in [0.5, 0.6) is 11.6 Å². The summed E-state index contributed by atoms with van der Waals surface area (Å²) in [6, 6.07) is 7.65. The third-order valence-corrected chi connectivity index (χ3v) is 7.71. The van der Waals surface area contributed by atoms with E-state index in [2.05, 4.69) is 43.3 Å². The second-order valence-corrected chi connectivity index (χ2v) is 10.2. The molecule has 0 unspecified atom stereocenters. The van der Waals surface area contributed by atoms with Gasteiger partial charge in [0.05, 0.1) is 17.7 Å². The first-order valence-corrected chi connectivity index (χ1v) is 13.4. The molecule has 208 valence electrons. The molecule has 0 aliphatic carbocycles. The Morgan fingerprint density at radius 2 is 1.98 bits per heavy atom. The summed E-state index contributed by atoms with van der Waals surface area (Å²) >= 11 is 0. The number of amides is 1. The maximum absolute atomic E-state index is 11.9. The Bertz CT molecular complexity index is 1650. The topological polar surface area (TPSA) is 136 Å². The molecule has 5 heterocycles. The summed E-state index contributed by atoms with van der Waals surface area (Å²) in [5.74, 6) is 8.28. The van der Waals surface area contributed by atoms with Crippen LogP contribution in [0, 0.1) is 17.8 Å². The van der Waals surface area contributed by atoms with Crippen molar-refractivity contribution in [3.05, 3.63) is 67.5 Å². The van der Waals surface area contributed by atoms with Gasteiger partial charge in [-0.2, -0.15) is 0 Å². The molecule has 2 aliphatic rings. The van der Waals surface area contributed by atoms with Gasteiger partial charge in [-0.05, 0) is 36.1 Å². The predicted molar refractivity (Wildman–Crippen MR) is 154 cm³/mol. The highest BCUT2D eigenvalue weighted by Crippen LogP contribution is 2.37. The summed E-state index contributed by atoms with van der Waals surface area (Å²) in [6.45, 7) is 6.01.